The lowest BCUT2D eigenvalue weighted by atomic mass is 10.0. The van der Waals surface area contributed by atoms with Gasteiger partial charge >= 0.3 is 0 Å². The zero-order valence-electron chi connectivity index (χ0n) is 27.1. The molecule has 2 aromatic carbocycles. The van der Waals surface area contributed by atoms with Crippen LogP contribution in [0.2, 0.25) is 0 Å². The summed E-state index contributed by atoms with van der Waals surface area (Å²) >= 11 is 0. The Kier molecular flexibility index (Phi) is 22.2. The molecule has 0 saturated heterocycles. The quantitative estimate of drug-likeness (QED) is 0.179. The maximum absolute atomic E-state index is 5.01. The molecular formula is C37H61N5O. The van der Waals surface area contributed by atoms with Gasteiger partial charge in [0.05, 0.1) is 11.0 Å². The van der Waals surface area contributed by atoms with Gasteiger partial charge in [0.2, 0.25) is 0 Å². The Balaban J connectivity index is 0. The summed E-state index contributed by atoms with van der Waals surface area (Å²) in [7, 11) is 0. The first-order chi connectivity index (χ1) is 19.4. The van der Waals surface area contributed by atoms with Gasteiger partial charge in [0.15, 0.2) is 12.0 Å². The van der Waals surface area contributed by atoms with Crippen molar-refractivity contribution in [3.63, 3.8) is 0 Å². The number of rotatable bonds is 0. The summed E-state index contributed by atoms with van der Waals surface area (Å²) in [5.41, 5.74) is 5.56. The van der Waals surface area contributed by atoms with E-state index in [2.05, 4.69) is 100 Å². The molecule has 0 bridgehead atoms. The van der Waals surface area contributed by atoms with E-state index in [0.717, 1.165) is 40.5 Å². The van der Waals surface area contributed by atoms with E-state index in [1.165, 1.54) is 31.4 Å². The van der Waals surface area contributed by atoms with E-state index >= 15 is 0 Å². The molecule has 4 heterocycles. The first-order valence-corrected chi connectivity index (χ1v) is 14.8. The second-order valence-corrected chi connectivity index (χ2v) is 12.8. The predicted octanol–water partition coefficient (Wildman–Crippen LogP) is 11.3. The van der Waals surface area contributed by atoms with Gasteiger partial charge in [-0.25, -0.2) is 4.98 Å². The largest absolute Gasteiger partial charge is 0.443 e. The van der Waals surface area contributed by atoms with Crippen LogP contribution in [0.3, 0.4) is 0 Å². The lowest BCUT2D eigenvalue weighted by molar-refractivity contribution is 0.469. The molecule has 5 aromatic rings. The molecule has 240 valence electrons. The van der Waals surface area contributed by atoms with E-state index in [-0.39, 0.29) is 14.9 Å². The molecule has 6 rings (SSSR count). The molecular weight excluding hydrogens is 530 g/mol. The summed E-state index contributed by atoms with van der Waals surface area (Å²) in [4.78, 5) is 12.2. The van der Waals surface area contributed by atoms with Crippen molar-refractivity contribution in [3.8, 4) is 0 Å². The van der Waals surface area contributed by atoms with Gasteiger partial charge in [-0.2, -0.15) is 5.10 Å². The Morgan fingerprint density at radius 2 is 1.12 bits per heavy atom. The van der Waals surface area contributed by atoms with Crippen molar-refractivity contribution in [2.24, 2.45) is 17.3 Å². The second kappa shape index (κ2) is 23.0. The number of aryl methyl sites for hydroxylation is 2. The average Bonchev–Trinajstić information content (AvgIpc) is 3.58. The van der Waals surface area contributed by atoms with Crippen LogP contribution in [0.4, 0.5) is 0 Å². The number of nitrogens with zero attached hydrogens (tertiary/aromatic N) is 5. The highest BCUT2D eigenvalue weighted by molar-refractivity contribution is 5.73. The fourth-order valence-corrected chi connectivity index (χ4v) is 3.05. The van der Waals surface area contributed by atoms with Gasteiger partial charge in [0.1, 0.15) is 5.52 Å². The third-order valence-corrected chi connectivity index (χ3v) is 4.47. The van der Waals surface area contributed by atoms with E-state index in [9.17, 15) is 0 Å². The molecule has 0 atom stereocenters. The number of aromatic nitrogens is 5. The van der Waals surface area contributed by atoms with E-state index in [0.29, 0.717) is 5.41 Å². The highest BCUT2D eigenvalue weighted by atomic mass is 16.3. The van der Waals surface area contributed by atoms with Crippen molar-refractivity contribution in [3.05, 3.63) is 85.3 Å². The Morgan fingerprint density at radius 3 is 1.58 bits per heavy atom. The number of benzene rings is 2. The molecule has 0 amide bonds. The van der Waals surface area contributed by atoms with Crippen LogP contribution in [-0.2, 0) is 13.0 Å². The van der Waals surface area contributed by atoms with Crippen LogP contribution in [-0.4, -0.2) is 24.7 Å². The smallest absolute Gasteiger partial charge is 0.181 e. The molecule has 1 aliphatic heterocycles. The highest BCUT2D eigenvalue weighted by Gasteiger charge is 2.06. The lowest BCUT2D eigenvalue weighted by Gasteiger charge is -2.11. The first-order valence-electron chi connectivity index (χ1n) is 14.8. The fraction of sp³-hybridized carbons (Fsp3) is 0.514. The molecule has 0 fully saturated rings. The van der Waals surface area contributed by atoms with Gasteiger partial charge in [-0.05, 0) is 66.8 Å². The topological polar surface area (TPSA) is 69.6 Å². The van der Waals surface area contributed by atoms with Crippen molar-refractivity contribution in [2.75, 3.05) is 0 Å². The summed E-state index contributed by atoms with van der Waals surface area (Å²) in [6.45, 7) is 22.9. The standard InChI is InChI=1S/C8H6N2.C7H10N2.C7H5NO.C5H12.2C4H10.2CH4/c1-2-4-8-7(3-1)9-5-6-10-8;1-2-6-9-7(3-1)4-5-8-9;1-2-4-7-6(3-1)8-5-9-7;1-5(2,3)4;2*1-4(2)3;;/h1-6H;4-5H,1-3,6H2;1-5H;1-4H3;2*4H,1-3H3;2*1H4. The van der Waals surface area contributed by atoms with Gasteiger partial charge in [0.25, 0.3) is 0 Å². The molecule has 0 unspecified atom stereocenters. The minimum Gasteiger partial charge on any atom is -0.443 e. The van der Waals surface area contributed by atoms with Gasteiger partial charge in [-0.3, -0.25) is 14.6 Å². The highest BCUT2D eigenvalue weighted by Crippen LogP contribution is 2.12. The van der Waals surface area contributed by atoms with Crippen molar-refractivity contribution >= 4 is 22.1 Å². The fourth-order valence-electron chi connectivity index (χ4n) is 3.05. The summed E-state index contributed by atoms with van der Waals surface area (Å²) in [5.74, 6) is 1.67. The van der Waals surface area contributed by atoms with Crippen LogP contribution < -0.4 is 0 Å². The zero-order chi connectivity index (χ0) is 30.7. The van der Waals surface area contributed by atoms with Crippen molar-refractivity contribution < 1.29 is 4.42 Å². The van der Waals surface area contributed by atoms with Gasteiger partial charge in [-0.1, -0.05) is 108 Å². The molecule has 0 radical (unpaired) electrons. The van der Waals surface area contributed by atoms with Gasteiger partial charge in [-0.15, -0.1) is 0 Å². The maximum Gasteiger partial charge on any atom is 0.181 e. The monoisotopic (exact) mass is 591 g/mol. The van der Waals surface area contributed by atoms with Crippen LogP contribution in [0.5, 0.6) is 0 Å². The molecule has 1 aliphatic rings. The van der Waals surface area contributed by atoms with Gasteiger partial charge < -0.3 is 4.42 Å². The number of fused-ring (bicyclic) bond motifs is 3. The van der Waals surface area contributed by atoms with E-state index < -0.39 is 0 Å². The Bertz CT molecular complexity index is 1200. The summed E-state index contributed by atoms with van der Waals surface area (Å²) in [5, 5.41) is 4.17. The van der Waals surface area contributed by atoms with E-state index in [1.54, 1.807) is 12.4 Å². The minimum absolute atomic E-state index is 0. The number of hydrogen-bond acceptors (Lipinski definition) is 5. The van der Waals surface area contributed by atoms with Crippen molar-refractivity contribution in [1.82, 2.24) is 24.7 Å². The minimum atomic E-state index is 0. The summed E-state index contributed by atoms with van der Waals surface area (Å²) in [6.07, 6.45) is 10.6. The Labute approximate surface area is 263 Å². The maximum atomic E-state index is 5.01. The lowest BCUT2D eigenvalue weighted by Crippen LogP contribution is -2.10. The predicted molar refractivity (Wildman–Crippen MR) is 188 cm³/mol. The van der Waals surface area contributed by atoms with Crippen LogP contribution in [0.1, 0.15) is 103 Å². The number of para-hydroxylation sites is 4. The summed E-state index contributed by atoms with van der Waals surface area (Å²) in [6, 6.07) is 17.6. The number of hydrogen-bond donors (Lipinski definition) is 0. The zero-order valence-corrected chi connectivity index (χ0v) is 27.1. The molecule has 6 heteroatoms. The third-order valence-electron chi connectivity index (χ3n) is 4.47. The molecule has 0 saturated carbocycles. The van der Waals surface area contributed by atoms with E-state index in [1.807, 2.05) is 54.7 Å². The Hall–Kier alpha value is -3.54. The second-order valence-electron chi connectivity index (χ2n) is 12.8. The molecule has 6 nitrogen and oxygen atoms in total. The molecule has 0 spiro atoms. The number of oxazole rings is 1. The Morgan fingerprint density at radius 1 is 0.651 bits per heavy atom. The van der Waals surface area contributed by atoms with Crippen LogP contribution in [0, 0.1) is 17.3 Å². The van der Waals surface area contributed by atoms with Gasteiger partial charge in [0, 0.05) is 30.8 Å². The molecule has 0 N–H and O–H groups in total. The molecule has 43 heavy (non-hydrogen) atoms. The van der Waals surface area contributed by atoms with Crippen molar-refractivity contribution in [1.29, 1.82) is 0 Å². The van der Waals surface area contributed by atoms with Crippen molar-refractivity contribution in [2.45, 2.75) is 110 Å². The summed E-state index contributed by atoms with van der Waals surface area (Å²) < 4.78 is 7.11. The average molecular weight is 592 g/mol. The van der Waals surface area contributed by atoms with Crippen LogP contribution in [0.15, 0.2) is 84.0 Å². The van der Waals surface area contributed by atoms with Crippen LogP contribution >= 0.6 is 0 Å². The third kappa shape index (κ3) is 21.8. The van der Waals surface area contributed by atoms with Crippen LogP contribution in [0.25, 0.3) is 22.1 Å². The molecule has 0 aliphatic carbocycles. The van der Waals surface area contributed by atoms with E-state index in [4.69, 9.17) is 4.42 Å². The SMILES string of the molecule is C.C.CC(C)(C)C.CC(C)C.CC(C)C.c1cc2n(n1)CCCC2.c1ccc2nccnc2c1.c1ccc2ocnc2c1. The molecule has 3 aromatic heterocycles. The normalized spacial score (nSPS) is 11.2. The first kappa shape index (κ1) is 41.6.